The SMILES string of the molecule is CC(=O)O[C@@H]1CC[C@]2(C)[C@H](CC[C@]3(C)[C@@H]2C(=O)C=C2[C@@H]4C[C@](C)(C(=O)Nc5cccc6ccccc56)CC[C@@]4(C)CC[C@@]23C)C1(C)C. The summed E-state index contributed by atoms with van der Waals surface area (Å²) in [4.78, 5) is 41.0. The number of anilines is 1. The number of fused-ring (bicyclic) bond motifs is 8. The van der Waals surface area contributed by atoms with Crippen molar-refractivity contribution in [2.45, 2.75) is 119 Å². The Labute approximate surface area is 281 Å². The molecule has 5 aliphatic carbocycles. The molecule has 0 aliphatic heterocycles. The molecule has 4 fully saturated rings. The zero-order valence-electron chi connectivity index (χ0n) is 29.9. The summed E-state index contributed by atoms with van der Waals surface area (Å²) in [6, 6.07) is 14.3. The van der Waals surface area contributed by atoms with Gasteiger partial charge in [-0.15, -0.1) is 0 Å². The summed E-state index contributed by atoms with van der Waals surface area (Å²) in [6.07, 6.45) is 10.6. The number of carbonyl (C=O) groups excluding carboxylic acids is 3. The average molecular weight is 638 g/mol. The molecule has 2 aromatic carbocycles. The molecule has 252 valence electrons. The first-order chi connectivity index (χ1) is 22.0. The molecule has 9 atom stereocenters. The molecule has 1 amide bonds. The van der Waals surface area contributed by atoms with Gasteiger partial charge in [0.1, 0.15) is 6.10 Å². The minimum Gasteiger partial charge on any atom is -0.462 e. The van der Waals surface area contributed by atoms with Crippen LogP contribution in [0.15, 0.2) is 54.1 Å². The number of ketones is 1. The standard InChI is InChI=1S/C42H55NO4/c1-26(44)47-34-17-18-40(6)33(37(34,2)3)16-19-42(8)35(40)32(45)24-29-30-25-39(5,21-20-38(30,4)22-23-41(29,42)7)36(46)43-31-15-11-13-27-12-9-10-14-28(27)31/h9-15,24,30,33-35H,16-23,25H2,1-8H3,(H,43,46)/t30-,33+,34+,35+,38-,39+,40+,41-,42+/m0/s1. The van der Waals surface area contributed by atoms with Crippen LogP contribution in [-0.2, 0) is 19.1 Å². The Kier molecular flexibility index (Phi) is 7.30. The number of nitrogens with one attached hydrogen (secondary N) is 1. The third kappa shape index (κ3) is 4.57. The lowest BCUT2D eigenvalue weighted by Crippen LogP contribution is -2.66. The van der Waals surface area contributed by atoms with Gasteiger partial charge in [-0.2, -0.15) is 0 Å². The second-order valence-corrected chi connectivity index (χ2v) is 18.2. The van der Waals surface area contributed by atoms with Gasteiger partial charge in [0.05, 0.1) is 0 Å². The number of allylic oxidation sites excluding steroid dienone is 2. The summed E-state index contributed by atoms with van der Waals surface area (Å²) in [6.45, 7) is 17.9. The Hall–Kier alpha value is -2.95. The molecule has 5 nitrogen and oxygen atoms in total. The number of carbonyl (C=O) groups is 3. The van der Waals surface area contributed by atoms with E-state index >= 15 is 0 Å². The predicted molar refractivity (Wildman–Crippen MR) is 188 cm³/mol. The van der Waals surface area contributed by atoms with Gasteiger partial charge in [-0.25, -0.2) is 0 Å². The molecule has 2 aromatic rings. The Bertz CT molecular complexity index is 1680. The molecule has 4 saturated carbocycles. The highest BCUT2D eigenvalue weighted by atomic mass is 16.5. The van der Waals surface area contributed by atoms with E-state index in [9.17, 15) is 14.4 Å². The highest BCUT2D eigenvalue weighted by molar-refractivity contribution is 6.04. The first-order valence-electron chi connectivity index (χ1n) is 18.2. The molecule has 5 heteroatoms. The molecule has 0 unspecified atom stereocenters. The van der Waals surface area contributed by atoms with Gasteiger partial charge >= 0.3 is 5.97 Å². The van der Waals surface area contributed by atoms with Crippen molar-refractivity contribution >= 4 is 34.1 Å². The number of hydrogen-bond donors (Lipinski definition) is 1. The van der Waals surface area contributed by atoms with E-state index in [4.69, 9.17) is 4.74 Å². The molecular weight excluding hydrogens is 582 g/mol. The van der Waals surface area contributed by atoms with Crippen molar-refractivity contribution in [3.8, 4) is 0 Å². The number of ether oxygens (including phenoxy) is 1. The van der Waals surface area contributed by atoms with Crippen molar-refractivity contribution in [1.82, 2.24) is 0 Å². The van der Waals surface area contributed by atoms with Crippen LogP contribution in [0.2, 0.25) is 0 Å². The smallest absolute Gasteiger partial charge is 0.302 e. The summed E-state index contributed by atoms with van der Waals surface area (Å²) in [5.41, 5.74) is 1.13. The van der Waals surface area contributed by atoms with Gasteiger partial charge in [-0.3, -0.25) is 14.4 Å². The molecule has 0 spiro atoms. The van der Waals surface area contributed by atoms with Crippen LogP contribution in [0, 0.1) is 50.2 Å². The fraction of sp³-hybridized carbons (Fsp3) is 0.643. The maximum absolute atomic E-state index is 14.8. The first kappa shape index (κ1) is 32.6. The van der Waals surface area contributed by atoms with Crippen LogP contribution < -0.4 is 5.32 Å². The van der Waals surface area contributed by atoms with Crippen LogP contribution in [-0.4, -0.2) is 23.8 Å². The van der Waals surface area contributed by atoms with Crippen LogP contribution in [0.5, 0.6) is 0 Å². The number of rotatable bonds is 3. The largest absolute Gasteiger partial charge is 0.462 e. The van der Waals surface area contributed by atoms with Gasteiger partial charge in [-0.05, 0) is 109 Å². The highest BCUT2D eigenvalue weighted by Gasteiger charge is 2.70. The van der Waals surface area contributed by atoms with Crippen molar-refractivity contribution in [3.05, 3.63) is 54.1 Å². The maximum Gasteiger partial charge on any atom is 0.302 e. The second kappa shape index (κ2) is 10.5. The quantitative estimate of drug-likeness (QED) is 0.340. The maximum atomic E-state index is 14.8. The van der Waals surface area contributed by atoms with E-state index in [1.165, 1.54) is 12.5 Å². The van der Waals surface area contributed by atoms with E-state index in [0.717, 1.165) is 74.2 Å². The molecule has 7 rings (SSSR count). The van der Waals surface area contributed by atoms with Crippen LogP contribution in [0.4, 0.5) is 5.69 Å². The summed E-state index contributed by atoms with van der Waals surface area (Å²) in [7, 11) is 0. The van der Waals surface area contributed by atoms with Gasteiger partial charge in [0, 0.05) is 34.7 Å². The predicted octanol–water partition coefficient (Wildman–Crippen LogP) is 9.69. The van der Waals surface area contributed by atoms with Crippen LogP contribution in [0.3, 0.4) is 0 Å². The van der Waals surface area contributed by atoms with E-state index in [0.29, 0.717) is 11.7 Å². The number of amides is 1. The minimum absolute atomic E-state index is 0.0611. The Morgan fingerprint density at radius 2 is 1.53 bits per heavy atom. The van der Waals surface area contributed by atoms with E-state index in [-0.39, 0.29) is 56.9 Å². The number of hydrogen-bond acceptors (Lipinski definition) is 4. The van der Waals surface area contributed by atoms with Crippen molar-refractivity contribution < 1.29 is 19.1 Å². The summed E-state index contributed by atoms with van der Waals surface area (Å²) < 4.78 is 5.89. The third-order valence-electron chi connectivity index (χ3n) is 15.4. The fourth-order valence-electron chi connectivity index (χ4n) is 12.4. The van der Waals surface area contributed by atoms with Gasteiger partial charge in [0.25, 0.3) is 0 Å². The second-order valence-electron chi connectivity index (χ2n) is 18.2. The molecule has 0 bridgehead atoms. The lowest BCUT2D eigenvalue weighted by Gasteiger charge is -2.70. The zero-order chi connectivity index (χ0) is 33.8. The van der Waals surface area contributed by atoms with Crippen molar-refractivity contribution in [2.24, 2.45) is 50.2 Å². The Morgan fingerprint density at radius 3 is 2.28 bits per heavy atom. The molecule has 0 heterocycles. The Morgan fingerprint density at radius 1 is 0.830 bits per heavy atom. The Balaban J connectivity index is 1.22. The fourth-order valence-corrected chi connectivity index (χ4v) is 12.4. The molecular formula is C42H55NO4. The van der Waals surface area contributed by atoms with Gasteiger partial charge < -0.3 is 10.1 Å². The molecule has 0 radical (unpaired) electrons. The molecule has 1 N–H and O–H groups in total. The summed E-state index contributed by atoms with van der Waals surface area (Å²) in [5.74, 6) is 0.617. The minimum atomic E-state index is -0.524. The van der Waals surface area contributed by atoms with Gasteiger partial charge in [-0.1, -0.05) is 90.4 Å². The molecule has 5 aliphatic rings. The summed E-state index contributed by atoms with van der Waals surface area (Å²) >= 11 is 0. The van der Waals surface area contributed by atoms with Gasteiger partial charge in [0.2, 0.25) is 5.91 Å². The lowest BCUT2D eigenvalue weighted by atomic mass is 9.33. The van der Waals surface area contributed by atoms with Crippen LogP contribution in [0.1, 0.15) is 113 Å². The number of esters is 1. The third-order valence-corrected chi connectivity index (χ3v) is 15.4. The first-order valence-corrected chi connectivity index (χ1v) is 18.2. The molecule has 0 aromatic heterocycles. The van der Waals surface area contributed by atoms with E-state index in [1.807, 2.05) is 24.3 Å². The zero-order valence-corrected chi connectivity index (χ0v) is 29.9. The number of benzene rings is 2. The molecule has 0 saturated heterocycles. The topological polar surface area (TPSA) is 72.5 Å². The highest BCUT2D eigenvalue weighted by Crippen LogP contribution is 2.75. The van der Waals surface area contributed by atoms with E-state index in [2.05, 4.69) is 78.1 Å². The van der Waals surface area contributed by atoms with Crippen molar-refractivity contribution in [1.29, 1.82) is 0 Å². The lowest BCUT2D eigenvalue weighted by molar-refractivity contribution is -0.210. The van der Waals surface area contributed by atoms with Crippen LogP contribution >= 0.6 is 0 Å². The van der Waals surface area contributed by atoms with Gasteiger partial charge in [0.15, 0.2) is 5.78 Å². The normalized spacial score (nSPS) is 42.2. The van der Waals surface area contributed by atoms with E-state index in [1.54, 1.807) is 0 Å². The van der Waals surface area contributed by atoms with E-state index < -0.39 is 5.41 Å². The average Bonchev–Trinajstić information content (AvgIpc) is 3.00. The molecule has 47 heavy (non-hydrogen) atoms. The monoisotopic (exact) mass is 637 g/mol. The van der Waals surface area contributed by atoms with Crippen LogP contribution in [0.25, 0.3) is 10.8 Å². The van der Waals surface area contributed by atoms with Crippen molar-refractivity contribution in [2.75, 3.05) is 5.32 Å². The van der Waals surface area contributed by atoms with Crippen molar-refractivity contribution in [3.63, 3.8) is 0 Å². The summed E-state index contributed by atoms with van der Waals surface area (Å²) in [5, 5.41) is 5.53.